The van der Waals surface area contributed by atoms with Gasteiger partial charge in [-0.15, -0.1) is 0 Å². The normalized spacial score (nSPS) is 28.5. The number of ether oxygens (including phenoxy) is 2. The van der Waals surface area contributed by atoms with Gasteiger partial charge in [-0.25, -0.2) is 0 Å². The van der Waals surface area contributed by atoms with Gasteiger partial charge in [0.1, 0.15) is 0 Å². The van der Waals surface area contributed by atoms with Crippen LogP contribution in [-0.4, -0.2) is 25.2 Å². The van der Waals surface area contributed by atoms with Crippen molar-refractivity contribution in [3.8, 4) is 0 Å². The highest BCUT2D eigenvalue weighted by Crippen LogP contribution is 2.46. The molecule has 0 heterocycles. The molecule has 4 heteroatoms. The maximum Gasteiger partial charge on any atom is 0.320 e. The maximum atomic E-state index is 12.1. The summed E-state index contributed by atoms with van der Waals surface area (Å²) in [5.74, 6) is -0.795. The lowest BCUT2D eigenvalue weighted by Gasteiger charge is -2.25. The van der Waals surface area contributed by atoms with Crippen molar-refractivity contribution in [3.05, 3.63) is 12.2 Å². The maximum absolute atomic E-state index is 12.1. The van der Waals surface area contributed by atoms with Crippen LogP contribution < -0.4 is 0 Å². The van der Waals surface area contributed by atoms with Crippen molar-refractivity contribution in [1.82, 2.24) is 0 Å². The molecule has 19 heavy (non-hydrogen) atoms. The first-order valence-electron chi connectivity index (χ1n) is 7.20. The van der Waals surface area contributed by atoms with Gasteiger partial charge in [-0.2, -0.15) is 0 Å². The minimum absolute atomic E-state index is 0.0504. The van der Waals surface area contributed by atoms with Gasteiger partial charge in [0.2, 0.25) is 0 Å². The molecule has 1 fully saturated rings. The zero-order chi connectivity index (χ0) is 13.8. The summed E-state index contributed by atoms with van der Waals surface area (Å²) in [5, 5.41) is 0. The topological polar surface area (TPSA) is 52.6 Å². The number of carbonyl (C=O) groups excluding carboxylic acids is 2. The first-order valence-corrected chi connectivity index (χ1v) is 7.20. The monoisotopic (exact) mass is 266 g/mol. The van der Waals surface area contributed by atoms with Gasteiger partial charge in [-0.05, 0) is 38.5 Å². The van der Waals surface area contributed by atoms with Crippen molar-refractivity contribution in [3.63, 3.8) is 0 Å². The summed E-state index contributed by atoms with van der Waals surface area (Å²) in [4.78, 5) is 24.2. The third kappa shape index (κ3) is 2.82. The zero-order valence-electron chi connectivity index (χ0n) is 11.6. The molecule has 0 spiro atoms. The molecular formula is C15H22O4. The second-order valence-corrected chi connectivity index (χ2v) is 5.20. The molecule has 0 bridgehead atoms. The van der Waals surface area contributed by atoms with Gasteiger partial charge in [0, 0.05) is 5.92 Å². The van der Waals surface area contributed by atoms with Gasteiger partial charge in [-0.1, -0.05) is 18.6 Å². The molecule has 2 aliphatic rings. The third-order valence-corrected chi connectivity index (χ3v) is 4.17. The quantitative estimate of drug-likeness (QED) is 0.435. The van der Waals surface area contributed by atoms with Crippen LogP contribution in [0.3, 0.4) is 0 Å². The van der Waals surface area contributed by atoms with E-state index in [4.69, 9.17) is 9.47 Å². The lowest BCUT2D eigenvalue weighted by Crippen LogP contribution is -2.36. The van der Waals surface area contributed by atoms with Crippen LogP contribution in [0, 0.1) is 23.7 Å². The van der Waals surface area contributed by atoms with Crippen molar-refractivity contribution in [1.29, 1.82) is 0 Å². The molecule has 0 aromatic rings. The van der Waals surface area contributed by atoms with E-state index in [9.17, 15) is 9.59 Å². The number of hydrogen-bond acceptors (Lipinski definition) is 4. The highest BCUT2D eigenvalue weighted by Gasteiger charge is 2.46. The first kappa shape index (κ1) is 14.1. The summed E-state index contributed by atoms with van der Waals surface area (Å²) in [5.41, 5.74) is 0. The smallest absolute Gasteiger partial charge is 0.320 e. The average molecular weight is 266 g/mol. The minimum Gasteiger partial charge on any atom is -0.465 e. The standard InChI is InChI=1S/C15H22O4/c1-3-18-14(16)13(15(17)19-4-2)12-9-8-10-6-5-7-11(10)12/h8-13H,3-7H2,1-2H3/t10-,11-,12-/m1/s1. The average Bonchev–Trinajstić information content (AvgIpc) is 2.94. The largest absolute Gasteiger partial charge is 0.465 e. The van der Waals surface area contributed by atoms with Gasteiger partial charge >= 0.3 is 11.9 Å². The van der Waals surface area contributed by atoms with Crippen molar-refractivity contribution < 1.29 is 19.1 Å². The van der Waals surface area contributed by atoms with Crippen LogP contribution in [0.2, 0.25) is 0 Å². The molecule has 2 rings (SSSR count). The Morgan fingerprint density at radius 2 is 1.74 bits per heavy atom. The highest BCUT2D eigenvalue weighted by atomic mass is 16.6. The Kier molecular flexibility index (Phi) is 4.61. The highest BCUT2D eigenvalue weighted by molar-refractivity contribution is 5.95. The Balaban J connectivity index is 2.15. The Morgan fingerprint density at radius 3 is 2.32 bits per heavy atom. The predicted octanol–water partition coefficient (Wildman–Crippen LogP) is 2.33. The summed E-state index contributed by atoms with van der Waals surface area (Å²) in [7, 11) is 0. The molecule has 0 aliphatic heterocycles. The van der Waals surface area contributed by atoms with E-state index in [1.54, 1.807) is 13.8 Å². The Bertz CT molecular complexity index is 356. The van der Waals surface area contributed by atoms with E-state index in [0.29, 0.717) is 25.0 Å². The molecule has 106 valence electrons. The van der Waals surface area contributed by atoms with Crippen LogP contribution in [0.25, 0.3) is 0 Å². The summed E-state index contributed by atoms with van der Waals surface area (Å²) < 4.78 is 10.1. The van der Waals surface area contributed by atoms with Gasteiger partial charge in [0.05, 0.1) is 13.2 Å². The molecule has 1 saturated carbocycles. The van der Waals surface area contributed by atoms with Gasteiger partial charge in [-0.3, -0.25) is 9.59 Å². The van der Waals surface area contributed by atoms with Crippen molar-refractivity contribution in [2.45, 2.75) is 33.1 Å². The number of hydrogen-bond donors (Lipinski definition) is 0. The van der Waals surface area contributed by atoms with Crippen LogP contribution in [0.15, 0.2) is 12.2 Å². The number of fused-ring (bicyclic) bond motifs is 1. The van der Waals surface area contributed by atoms with Crippen LogP contribution in [-0.2, 0) is 19.1 Å². The Hall–Kier alpha value is -1.32. The van der Waals surface area contributed by atoms with Crippen molar-refractivity contribution >= 4 is 11.9 Å². The lowest BCUT2D eigenvalue weighted by atomic mass is 9.81. The first-order chi connectivity index (χ1) is 9.19. The number of allylic oxidation sites excluding steroid dienone is 2. The summed E-state index contributed by atoms with van der Waals surface area (Å²) >= 11 is 0. The predicted molar refractivity (Wildman–Crippen MR) is 70.2 cm³/mol. The molecule has 2 aliphatic carbocycles. The van der Waals surface area contributed by atoms with E-state index >= 15 is 0 Å². The van der Waals surface area contributed by atoms with E-state index < -0.39 is 17.9 Å². The molecule has 3 atom stereocenters. The molecule has 0 saturated heterocycles. The van der Waals surface area contributed by atoms with E-state index in [0.717, 1.165) is 12.8 Å². The summed E-state index contributed by atoms with van der Waals surface area (Å²) in [6.45, 7) is 4.09. The van der Waals surface area contributed by atoms with E-state index in [1.807, 2.05) is 6.08 Å². The van der Waals surface area contributed by atoms with Crippen LogP contribution in [0.1, 0.15) is 33.1 Å². The third-order valence-electron chi connectivity index (χ3n) is 4.17. The Morgan fingerprint density at radius 1 is 1.11 bits per heavy atom. The molecule has 0 amide bonds. The summed E-state index contributed by atoms with van der Waals surface area (Å²) in [6.07, 6.45) is 7.60. The van der Waals surface area contributed by atoms with Crippen LogP contribution >= 0.6 is 0 Å². The van der Waals surface area contributed by atoms with Crippen molar-refractivity contribution in [2.75, 3.05) is 13.2 Å². The van der Waals surface area contributed by atoms with E-state index in [1.165, 1.54) is 6.42 Å². The molecular weight excluding hydrogens is 244 g/mol. The molecule has 0 N–H and O–H groups in total. The van der Waals surface area contributed by atoms with Gasteiger partial charge in [0.25, 0.3) is 0 Å². The molecule has 0 radical (unpaired) electrons. The molecule has 0 unspecified atom stereocenters. The lowest BCUT2D eigenvalue weighted by molar-refractivity contribution is -0.164. The fourth-order valence-corrected chi connectivity index (χ4v) is 3.38. The van der Waals surface area contributed by atoms with Gasteiger partial charge < -0.3 is 9.47 Å². The summed E-state index contributed by atoms with van der Waals surface area (Å²) in [6, 6.07) is 0. The van der Waals surface area contributed by atoms with Crippen LogP contribution in [0.5, 0.6) is 0 Å². The van der Waals surface area contributed by atoms with E-state index in [-0.39, 0.29) is 5.92 Å². The Labute approximate surface area is 114 Å². The molecule has 4 nitrogen and oxygen atoms in total. The second kappa shape index (κ2) is 6.22. The fraction of sp³-hybridized carbons (Fsp3) is 0.733. The number of rotatable bonds is 5. The zero-order valence-corrected chi connectivity index (χ0v) is 11.6. The van der Waals surface area contributed by atoms with Crippen molar-refractivity contribution in [2.24, 2.45) is 23.7 Å². The SMILES string of the molecule is CCOC(=O)C(C(=O)OCC)[C@@H]1C=C[C@H]2CCC[C@H]21. The molecule has 0 aromatic heterocycles. The fourth-order valence-electron chi connectivity index (χ4n) is 3.38. The van der Waals surface area contributed by atoms with E-state index in [2.05, 4.69) is 6.08 Å². The number of esters is 2. The molecule has 0 aromatic carbocycles. The number of carbonyl (C=O) groups is 2. The second-order valence-electron chi connectivity index (χ2n) is 5.20. The minimum atomic E-state index is -0.788. The van der Waals surface area contributed by atoms with Crippen LogP contribution in [0.4, 0.5) is 0 Å². The van der Waals surface area contributed by atoms with Gasteiger partial charge in [0.15, 0.2) is 5.92 Å².